The topological polar surface area (TPSA) is 41.6 Å². The molecule has 0 spiro atoms. The predicted octanol–water partition coefficient (Wildman–Crippen LogP) is 0.722. The fourth-order valence-electron chi connectivity index (χ4n) is 2.58. The molecule has 4 heteroatoms. The van der Waals surface area contributed by atoms with Gasteiger partial charge in [0.2, 0.25) is 5.91 Å². The Kier molecular flexibility index (Phi) is 3.26. The summed E-state index contributed by atoms with van der Waals surface area (Å²) >= 11 is 0. The van der Waals surface area contributed by atoms with Crippen LogP contribution < -0.4 is 5.32 Å². The molecule has 0 aromatic carbocycles. The lowest BCUT2D eigenvalue weighted by atomic mass is 10.1. The Morgan fingerprint density at radius 2 is 2.40 bits per heavy atom. The van der Waals surface area contributed by atoms with Crippen LogP contribution in [0.2, 0.25) is 0 Å². The minimum atomic E-state index is 0.188. The number of nitrogens with zero attached hydrogens (tertiary/aromatic N) is 1. The Balaban J connectivity index is 2.06. The molecule has 86 valence electrons. The lowest BCUT2D eigenvalue weighted by molar-refractivity contribution is -0.131. The molecule has 4 nitrogen and oxygen atoms in total. The van der Waals surface area contributed by atoms with Gasteiger partial charge >= 0.3 is 0 Å². The van der Waals surface area contributed by atoms with Crippen LogP contribution in [0.15, 0.2) is 0 Å². The van der Waals surface area contributed by atoms with Gasteiger partial charge in [0.15, 0.2) is 0 Å². The molecule has 2 rings (SSSR count). The van der Waals surface area contributed by atoms with Crippen LogP contribution in [0.25, 0.3) is 0 Å². The van der Waals surface area contributed by atoms with Crippen LogP contribution in [0.3, 0.4) is 0 Å². The highest BCUT2D eigenvalue weighted by molar-refractivity contribution is 5.81. The highest BCUT2D eigenvalue weighted by Gasteiger charge is 2.40. The zero-order valence-corrected chi connectivity index (χ0v) is 9.53. The van der Waals surface area contributed by atoms with Gasteiger partial charge in [-0.25, -0.2) is 0 Å². The van der Waals surface area contributed by atoms with Crippen molar-refractivity contribution in [1.29, 1.82) is 0 Å². The van der Waals surface area contributed by atoms with E-state index in [0.717, 1.165) is 25.9 Å². The Labute approximate surface area is 91.0 Å². The predicted molar refractivity (Wildman–Crippen MR) is 57.4 cm³/mol. The first kappa shape index (κ1) is 10.9. The molecule has 2 fully saturated rings. The highest BCUT2D eigenvalue weighted by Crippen LogP contribution is 2.24. The van der Waals surface area contributed by atoms with E-state index >= 15 is 0 Å². The third-order valence-electron chi connectivity index (χ3n) is 3.37. The van der Waals surface area contributed by atoms with Gasteiger partial charge in [-0.3, -0.25) is 10.1 Å². The summed E-state index contributed by atoms with van der Waals surface area (Å²) in [5, 5.41) is 3.28. The summed E-state index contributed by atoms with van der Waals surface area (Å²) in [4.78, 5) is 13.8. The minimum absolute atomic E-state index is 0.188. The second-order valence-electron chi connectivity index (χ2n) is 4.42. The van der Waals surface area contributed by atoms with Gasteiger partial charge in [-0.2, -0.15) is 0 Å². The average Bonchev–Trinajstić information content (AvgIpc) is 2.75. The molecular formula is C11H20N2O2. The first-order valence-corrected chi connectivity index (χ1v) is 5.90. The van der Waals surface area contributed by atoms with Crippen LogP contribution in [-0.2, 0) is 9.53 Å². The zero-order valence-electron chi connectivity index (χ0n) is 9.53. The molecule has 0 aliphatic carbocycles. The SMILES string of the molecule is CCCC1NCC(=O)N1C1CCOC1C. The van der Waals surface area contributed by atoms with E-state index in [-0.39, 0.29) is 24.2 Å². The average molecular weight is 212 g/mol. The Morgan fingerprint density at radius 3 is 3.00 bits per heavy atom. The standard InChI is InChI=1S/C11H20N2O2/c1-3-4-10-12-7-11(14)13(10)9-5-6-15-8(9)2/h8-10,12H,3-7H2,1-2H3. The van der Waals surface area contributed by atoms with Crippen molar-refractivity contribution in [2.45, 2.75) is 51.4 Å². The van der Waals surface area contributed by atoms with E-state index < -0.39 is 0 Å². The number of carbonyl (C=O) groups excluding carboxylic acids is 1. The van der Waals surface area contributed by atoms with Crippen LogP contribution in [0.4, 0.5) is 0 Å². The van der Waals surface area contributed by atoms with Gasteiger partial charge in [0, 0.05) is 6.61 Å². The number of amides is 1. The zero-order chi connectivity index (χ0) is 10.8. The van der Waals surface area contributed by atoms with E-state index in [1.165, 1.54) is 0 Å². The number of hydrogen-bond acceptors (Lipinski definition) is 3. The molecule has 2 aliphatic rings. The van der Waals surface area contributed by atoms with E-state index in [1.807, 2.05) is 4.90 Å². The van der Waals surface area contributed by atoms with Gasteiger partial charge in [0.25, 0.3) is 0 Å². The first-order valence-electron chi connectivity index (χ1n) is 5.90. The van der Waals surface area contributed by atoms with Gasteiger partial charge < -0.3 is 9.64 Å². The Bertz CT molecular complexity index is 245. The number of carbonyl (C=O) groups is 1. The maximum Gasteiger partial charge on any atom is 0.238 e. The molecule has 1 amide bonds. The number of hydrogen-bond donors (Lipinski definition) is 1. The lowest BCUT2D eigenvalue weighted by Crippen LogP contribution is -2.47. The Hall–Kier alpha value is -0.610. The van der Waals surface area contributed by atoms with Crippen molar-refractivity contribution in [2.24, 2.45) is 0 Å². The second kappa shape index (κ2) is 4.49. The van der Waals surface area contributed by atoms with Gasteiger partial charge in [0.1, 0.15) is 0 Å². The summed E-state index contributed by atoms with van der Waals surface area (Å²) in [6.07, 6.45) is 3.54. The maximum absolute atomic E-state index is 11.8. The normalized spacial score (nSPS) is 36.5. The van der Waals surface area contributed by atoms with Gasteiger partial charge in [-0.05, 0) is 19.8 Å². The minimum Gasteiger partial charge on any atom is -0.376 e. The fraction of sp³-hybridized carbons (Fsp3) is 0.909. The number of rotatable bonds is 3. The number of nitrogens with one attached hydrogen (secondary N) is 1. The summed E-state index contributed by atoms with van der Waals surface area (Å²) in [6.45, 7) is 5.49. The second-order valence-corrected chi connectivity index (χ2v) is 4.42. The van der Waals surface area contributed by atoms with Crippen LogP contribution in [-0.4, -0.2) is 42.3 Å². The molecule has 3 atom stereocenters. The van der Waals surface area contributed by atoms with Crippen LogP contribution in [0, 0.1) is 0 Å². The van der Waals surface area contributed by atoms with Gasteiger partial charge in [-0.1, -0.05) is 13.3 Å². The van der Waals surface area contributed by atoms with Crippen molar-refractivity contribution in [1.82, 2.24) is 10.2 Å². The van der Waals surface area contributed by atoms with Crippen molar-refractivity contribution in [3.8, 4) is 0 Å². The molecule has 0 bridgehead atoms. The molecule has 2 heterocycles. The largest absolute Gasteiger partial charge is 0.376 e. The fourth-order valence-corrected chi connectivity index (χ4v) is 2.58. The number of ether oxygens (including phenoxy) is 1. The molecule has 2 aliphatic heterocycles. The van der Waals surface area contributed by atoms with Gasteiger partial charge in [-0.15, -0.1) is 0 Å². The summed E-state index contributed by atoms with van der Waals surface area (Å²) < 4.78 is 5.53. The molecule has 0 aromatic rings. The highest BCUT2D eigenvalue weighted by atomic mass is 16.5. The Morgan fingerprint density at radius 1 is 1.60 bits per heavy atom. The van der Waals surface area contributed by atoms with Crippen molar-refractivity contribution in [2.75, 3.05) is 13.2 Å². The summed E-state index contributed by atoms with van der Waals surface area (Å²) in [5.41, 5.74) is 0. The maximum atomic E-state index is 11.8. The van der Waals surface area contributed by atoms with E-state index in [0.29, 0.717) is 6.54 Å². The molecule has 1 N–H and O–H groups in total. The van der Waals surface area contributed by atoms with Crippen molar-refractivity contribution in [3.63, 3.8) is 0 Å². The van der Waals surface area contributed by atoms with E-state index in [4.69, 9.17) is 4.74 Å². The monoisotopic (exact) mass is 212 g/mol. The summed E-state index contributed by atoms with van der Waals surface area (Å²) in [5.74, 6) is 0.232. The summed E-state index contributed by atoms with van der Waals surface area (Å²) in [6, 6.07) is 0.282. The smallest absolute Gasteiger partial charge is 0.238 e. The first-order chi connectivity index (χ1) is 7.24. The van der Waals surface area contributed by atoms with Crippen LogP contribution >= 0.6 is 0 Å². The quantitative estimate of drug-likeness (QED) is 0.749. The van der Waals surface area contributed by atoms with E-state index in [2.05, 4.69) is 19.2 Å². The molecule has 3 unspecified atom stereocenters. The van der Waals surface area contributed by atoms with Crippen LogP contribution in [0.5, 0.6) is 0 Å². The van der Waals surface area contributed by atoms with Crippen molar-refractivity contribution < 1.29 is 9.53 Å². The summed E-state index contributed by atoms with van der Waals surface area (Å²) in [7, 11) is 0. The van der Waals surface area contributed by atoms with Crippen LogP contribution in [0.1, 0.15) is 33.1 Å². The van der Waals surface area contributed by atoms with Crippen molar-refractivity contribution >= 4 is 5.91 Å². The van der Waals surface area contributed by atoms with E-state index in [1.54, 1.807) is 0 Å². The van der Waals surface area contributed by atoms with Crippen molar-refractivity contribution in [3.05, 3.63) is 0 Å². The molecule has 0 aromatic heterocycles. The molecule has 2 saturated heterocycles. The molecule has 15 heavy (non-hydrogen) atoms. The van der Waals surface area contributed by atoms with Gasteiger partial charge in [0.05, 0.1) is 24.9 Å². The molecule has 0 saturated carbocycles. The third kappa shape index (κ3) is 2.01. The molecule has 0 radical (unpaired) electrons. The lowest BCUT2D eigenvalue weighted by Gasteiger charge is -2.31. The van der Waals surface area contributed by atoms with E-state index in [9.17, 15) is 4.79 Å². The molecular weight excluding hydrogens is 192 g/mol. The third-order valence-corrected chi connectivity index (χ3v) is 3.37.